The molecule has 0 radical (unpaired) electrons. The second-order valence-electron chi connectivity index (χ2n) is 4.97. The van der Waals surface area contributed by atoms with Crippen LogP contribution in [0.4, 0.5) is 4.39 Å². The van der Waals surface area contributed by atoms with Crippen LogP contribution in [0.25, 0.3) is 11.3 Å². The van der Waals surface area contributed by atoms with E-state index in [0.29, 0.717) is 42.9 Å². The first-order valence-electron chi connectivity index (χ1n) is 7.06. The Hall–Kier alpha value is -2.61. The largest absolute Gasteiger partial charge is 0.461 e. The molecule has 1 aromatic carbocycles. The maximum atomic E-state index is 13.7. The van der Waals surface area contributed by atoms with Gasteiger partial charge in [-0.2, -0.15) is 5.26 Å². The van der Waals surface area contributed by atoms with Crippen molar-refractivity contribution in [2.75, 3.05) is 13.6 Å². The predicted molar refractivity (Wildman–Crippen MR) is 80.3 cm³/mol. The van der Waals surface area contributed by atoms with Crippen molar-refractivity contribution in [1.29, 1.82) is 5.26 Å². The van der Waals surface area contributed by atoms with Gasteiger partial charge in [-0.3, -0.25) is 4.79 Å². The highest BCUT2D eigenvalue weighted by molar-refractivity contribution is 5.76. The molecule has 0 aliphatic carbocycles. The van der Waals surface area contributed by atoms with Crippen molar-refractivity contribution in [3.63, 3.8) is 0 Å². The van der Waals surface area contributed by atoms with Crippen molar-refractivity contribution in [2.24, 2.45) is 0 Å². The average molecular weight is 300 g/mol. The highest BCUT2D eigenvalue weighted by Crippen LogP contribution is 2.25. The van der Waals surface area contributed by atoms with E-state index in [1.54, 1.807) is 37.4 Å². The molecule has 0 saturated heterocycles. The molecule has 0 aliphatic rings. The topological polar surface area (TPSA) is 57.2 Å². The first-order chi connectivity index (χ1) is 10.6. The summed E-state index contributed by atoms with van der Waals surface area (Å²) in [7, 11) is 1.67. The molecule has 0 atom stereocenters. The third kappa shape index (κ3) is 3.95. The number of benzene rings is 1. The normalized spacial score (nSPS) is 10.2. The Morgan fingerprint density at radius 1 is 1.32 bits per heavy atom. The van der Waals surface area contributed by atoms with Gasteiger partial charge in [0.05, 0.1) is 18.1 Å². The zero-order chi connectivity index (χ0) is 15.9. The maximum Gasteiger partial charge on any atom is 0.222 e. The van der Waals surface area contributed by atoms with Crippen molar-refractivity contribution in [2.45, 2.75) is 19.3 Å². The fraction of sp³-hybridized carbons (Fsp3) is 0.294. The van der Waals surface area contributed by atoms with Crippen molar-refractivity contribution in [3.05, 3.63) is 48.0 Å². The van der Waals surface area contributed by atoms with Crippen molar-refractivity contribution in [3.8, 4) is 17.4 Å². The van der Waals surface area contributed by atoms with Crippen LogP contribution in [-0.2, 0) is 11.2 Å². The molecule has 0 bridgehead atoms. The number of rotatable bonds is 6. The highest BCUT2D eigenvalue weighted by atomic mass is 19.1. The van der Waals surface area contributed by atoms with Gasteiger partial charge in [-0.15, -0.1) is 0 Å². The van der Waals surface area contributed by atoms with Gasteiger partial charge in [0.25, 0.3) is 0 Å². The summed E-state index contributed by atoms with van der Waals surface area (Å²) in [6, 6.07) is 11.9. The first-order valence-corrected chi connectivity index (χ1v) is 7.06. The van der Waals surface area contributed by atoms with Crippen LogP contribution in [0, 0.1) is 17.1 Å². The minimum atomic E-state index is -0.337. The molecular formula is C17H17FN2O2. The molecule has 1 aromatic heterocycles. The molecule has 0 saturated carbocycles. The van der Waals surface area contributed by atoms with E-state index < -0.39 is 0 Å². The minimum Gasteiger partial charge on any atom is -0.461 e. The summed E-state index contributed by atoms with van der Waals surface area (Å²) in [6.07, 6.45) is 1.07. The minimum absolute atomic E-state index is 0.0425. The molecule has 0 fully saturated rings. The number of hydrogen-bond donors (Lipinski definition) is 0. The summed E-state index contributed by atoms with van der Waals surface area (Å²) in [5, 5.41) is 8.50. The van der Waals surface area contributed by atoms with Crippen LogP contribution >= 0.6 is 0 Å². The van der Waals surface area contributed by atoms with Gasteiger partial charge in [-0.1, -0.05) is 12.1 Å². The van der Waals surface area contributed by atoms with Gasteiger partial charge in [0.2, 0.25) is 5.91 Å². The fourth-order valence-electron chi connectivity index (χ4n) is 2.08. The number of amides is 1. The molecule has 0 spiro atoms. The molecule has 2 rings (SSSR count). The smallest absolute Gasteiger partial charge is 0.222 e. The Morgan fingerprint density at radius 3 is 2.82 bits per heavy atom. The number of nitrogens with zero attached hydrogens (tertiary/aromatic N) is 2. The average Bonchev–Trinajstić information content (AvgIpc) is 2.99. The quantitative estimate of drug-likeness (QED) is 0.821. The summed E-state index contributed by atoms with van der Waals surface area (Å²) < 4.78 is 19.3. The van der Waals surface area contributed by atoms with E-state index in [-0.39, 0.29) is 11.7 Å². The van der Waals surface area contributed by atoms with Crippen LogP contribution in [0.3, 0.4) is 0 Å². The number of carbonyl (C=O) groups is 1. The van der Waals surface area contributed by atoms with Gasteiger partial charge >= 0.3 is 0 Å². The van der Waals surface area contributed by atoms with Crippen LogP contribution in [-0.4, -0.2) is 24.4 Å². The van der Waals surface area contributed by atoms with Crippen LogP contribution in [0.15, 0.2) is 40.8 Å². The van der Waals surface area contributed by atoms with E-state index >= 15 is 0 Å². The lowest BCUT2D eigenvalue weighted by Crippen LogP contribution is -2.27. The Labute approximate surface area is 128 Å². The lowest BCUT2D eigenvalue weighted by atomic mass is 10.1. The summed E-state index contributed by atoms with van der Waals surface area (Å²) in [5.41, 5.74) is 0.409. The molecule has 22 heavy (non-hydrogen) atoms. The van der Waals surface area contributed by atoms with Crippen LogP contribution in [0.2, 0.25) is 0 Å². The predicted octanol–water partition coefficient (Wildman–Crippen LogP) is 3.39. The Kier molecular flexibility index (Phi) is 5.31. The monoisotopic (exact) mass is 300 g/mol. The number of nitriles is 1. The van der Waals surface area contributed by atoms with Gasteiger partial charge in [0.15, 0.2) is 0 Å². The van der Waals surface area contributed by atoms with Crippen molar-refractivity contribution < 1.29 is 13.6 Å². The van der Waals surface area contributed by atoms with Gasteiger partial charge in [0.1, 0.15) is 17.3 Å². The van der Waals surface area contributed by atoms with E-state index in [1.165, 1.54) is 11.0 Å². The SMILES string of the molecule is CN(CCC#N)C(=O)CCc1ccc(-c2ccccc2F)o1. The first kappa shape index (κ1) is 15.8. The lowest BCUT2D eigenvalue weighted by molar-refractivity contribution is -0.129. The van der Waals surface area contributed by atoms with Crippen LogP contribution in [0.1, 0.15) is 18.6 Å². The van der Waals surface area contributed by atoms with E-state index in [4.69, 9.17) is 9.68 Å². The molecule has 4 nitrogen and oxygen atoms in total. The third-order valence-electron chi connectivity index (χ3n) is 3.37. The summed E-state index contributed by atoms with van der Waals surface area (Å²) >= 11 is 0. The van der Waals surface area contributed by atoms with E-state index in [1.807, 2.05) is 6.07 Å². The summed E-state index contributed by atoms with van der Waals surface area (Å²) in [6.45, 7) is 0.425. The van der Waals surface area contributed by atoms with Gasteiger partial charge < -0.3 is 9.32 Å². The maximum absolute atomic E-state index is 13.7. The van der Waals surface area contributed by atoms with E-state index in [0.717, 1.165) is 0 Å². The molecule has 1 amide bonds. The fourth-order valence-corrected chi connectivity index (χ4v) is 2.08. The molecule has 2 aromatic rings. The molecule has 0 N–H and O–H groups in total. The van der Waals surface area contributed by atoms with Crippen LogP contribution < -0.4 is 0 Å². The summed E-state index contributed by atoms with van der Waals surface area (Å²) in [5.74, 6) is 0.716. The highest BCUT2D eigenvalue weighted by Gasteiger charge is 2.12. The second kappa shape index (κ2) is 7.41. The zero-order valence-corrected chi connectivity index (χ0v) is 12.4. The van der Waals surface area contributed by atoms with Crippen molar-refractivity contribution >= 4 is 5.91 Å². The second-order valence-corrected chi connectivity index (χ2v) is 4.97. The number of hydrogen-bond acceptors (Lipinski definition) is 3. The molecule has 1 heterocycles. The molecule has 5 heteroatoms. The third-order valence-corrected chi connectivity index (χ3v) is 3.37. The standard InChI is InChI=1S/C17H17FN2O2/c1-20(12-4-11-19)17(21)10-8-13-7-9-16(22-13)14-5-2-3-6-15(14)18/h2-3,5-7,9H,4,8,10,12H2,1H3. The number of carbonyl (C=O) groups excluding carboxylic acids is 1. The van der Waals surface area contributed by atoms with Crippen LogP contribution in [0.5, 0.6) is 0 Å². The zero-order valence-electron chi connectivity index (χ0n) is 12.4. The Bertz CT molecular complexity index is 688. The summed E-state index contributed by atoms with van der Waals surface area (Å²) in [4.78, 5) is 13.4. The number of aryl methyl sites for hydroxylation is 1. The Morgan fingerprint density at radius 2 is 2.09 bits per heavy atom. The Balaban J connectivity index is 1.94. The lowest BCUT2D eigenvalue weighted by Gasteiger charge is -2.14. The molecule has 0 aliphatic heterocycles. The van der Waals surface area contributed by atoms with Crippen molar-refractivity contribution in [1.82, 2.24) is 4.90 Å². The number of halogens is 1. The van der Waals surface area contributed by atoms with Gasteiger partial charge in [0, 0.05) is 26.4 Å². The van der Waals surface area contributed by atoms with E-state index in [2.05, 4.69) is 0 Å². The molecular weight excluding hydrogens is 283 g/mol. The molecule has 0 unspecified atom stereocenters. The molecule has 114 valence electrons. The van der Waals surface area contributed by atoms with Gasteiger partial charge in [-0.05, 0) is 24.3 Å². The van der Waals surface area contributed by atoms with Gasteiger partial charge in [-0.25, -0.2) is 4.39 Å². The van der Waals surface area contributed by atoms with E-state index in [9.17, 15) is 9.18 Å². The number of furan rings is 1.